The molecule has 0 saturated heterocycles. The highest BCUT2D eigenvalue weighted by Crippen LogP contribution is 2.34. The summed E-state index contributed by atoms with van der Waals surface area (Å²) in [5, 5.41) is 0. The Hall–Kier alpha value is -1.82. The number of nitrogens with zero attached hydrogens (tertiary/aromatic N) is 2. The van der Waals surface area contributed by atoms with Gasteiger partial charge < -0.3 is 9.47 Å². The van der Waals surface area contributed by atoms with Crippen LogP contribution in [0.2, 0.25) is 0 Å². The van der Waals surface area contributed by atoms with Crippen molar-refractivity contribution in [1.29, 1.82) is 0 Å². The van der Waals surface area contributed by atoms with Gasteiger partial charge in [0.25, 0.3) is 0 Å². The normalized spacial score (nSPS) is 13.9. The summed E-state index contributed by atoms with van der Waals surface area (Å²) in [4.78, 5) is 16.4. The van der Waals surface area contributed by atoms with E-state index in [0.29, 0.717) is 12.2 Å². The van der Waals surface area contributed by atoms with Crippen molar-refractivity contribution in [3.05, 3.63) is 47.5 Å². The fourth-order valence-corrected chi connectivity index (χ4v) is 2.80. The molecule has 0 radical (unpaired) electrons. The van der Waals surface area contributed by atoms with Crippen LogP contribution in [0.25, 0.3) is 0 Å². The van der Waals surface area contributed by atoms with E-state index >= 15 is 0 Å². The van der Waals surface area contributed by atoms with Crippen LogP contribution in [0.15, 0.2) is 47.5 Å². The molecule has 0 aliphatic carbocycles. The Morgan fingerprint density at radius 3 is 2.50 bits per heavy atom. The van der Waals surface area contributed by atoms with Crippen molar-refractivity contribution in [2.75, 3.05) is 0 Å². The lowest BCUT2D eigenvalue weighted by Gasteiger charge is -2.36. The van der Waals surface area contributed by atoms with Gasteiger partial charge in [0.05, 0.1) is 6.33 Å². The summed E-state index contributed by atoms with van der Waals surface area (Å²) in [7, 11) is 0. The van der Waals surface area contributed by atoms with E-state index in [1.54, 1.807) is 12.5 Å². The van der Waals surface area contributed by atoms with Crippen molar-refractivity contribution in [2.45, 2.75) is 59.3 Å². The smallest absolute Gasteiger partial charge is 0.306 e. The van der Waals surface area contributed by atoms with E-state index in [4.69, 9.17) is 9.47 Å². The maximum Gasteiger partial charge on any atom is 0.306 e. The number of hydrogen-bond donors (Lipinski definition) is 0. The first kappa shape index (κ1) is 20.5. The first-order valence-electron chi connectivity index (χ1n) is 8.90. The van der Waals surface area contributed by atoms with Gasteiger partial charge in [-0.05, 0) is 30.7 Å². The standard InChI is InChI=1S/C20H27BrN2O3/c1-5-6-7-17(24)26-18(20(2,3)4)19(23-13-12-22-14-23)25-16-10-8-15(21)9-11-16/h8-14,18-19H,5-7H2,1-4H3. The second-order valence-electron chi connectivity index (χ2n) is 7.35. The van der Waals surface area contributed by atoms with Crippen LogP contribution in [-0.4, -0.2) is 21.6 Å². The quantitative estimate of drug-likeness (QED) is 0.536. The topological polar surface area (TPSA) is 53.4 Å². The molecule has 2 aromatic rings. The molecule has 1 aromatic carbocycles. The minimum Gasteiger partial charge on any atom is -0.466 e. The highest BCUT2D eigenvalue weighted by molar-refractivity contribution is 9.10. The molecule has 1 aromatic heterocycles. The maximum atomic E-state index is 12.3. The van der Waals surface area contributed by atoms with Crippen LogP contribution < -0.4 is 4.74 Å². The van der Waals surface area contributed by atoms with Gasteiger partial charge in [-0.25, -0.2) is 4.98 Å². The Balaban J connectivity index is 2.29. The van der Waals surface area contributed by atoms with Crippen molar-refractivity contribution < 1.29 is 14.3 Å². The molecule has 142 valence electrons. The molecule has 5 nitrogen and oxygen atoms in total. The lowest BCUT2D eigenvalue weighted by Crippen LogP contribution is -2.41. The van der Waals surface area contributed by atoms with Crippen LogP contribution in [0, 0.1) is 5.41 Å². The third-order valence-corrected chi connectivity index (χ3v) is 4.52. The maximum absolute atomic E-state index is 12.3. The molecule has 26 heavy (non-hydrogen) atoms. The van der Waals surface area contributed by atoms with Crippen molar-refractivity contribution in [2.24, 2.45) is 5.41 Å². The summed E-state index contributed by atoms with van der Waals surface area (Å²) < 4.78 is 14.9. The number of unbranched alkanes of at least 4 members (excludes halogenated alkanes) is 1. The summed E-state index contributed by atoms with van der Waals surface area (Å²) in [5.74, 6) is 0.502. The zero-order valence-electron chi connectivity index (χ0n) is 15.8. The number of benzene rings is 1. The average Bonchev–Trinajstić information content (AvgIpc) is 3.11. The number of esters is 1. The molecule has 0 aliphatic heterocycles. The average molecular weight is 423 g/mol. The van der Waals surface area contributed by atoms with Crippen LogP contribution in [0.1, 0.15) is 53.2 Å². The largest absolute Gasteiger partial charge is 0.466 e. The summed E-state index contributed by atoms with van der Waals surface area (Å²) in [6, 6.07) is 7.60. The van der Waals surface area contributed by atoms with Crippen LogP contribution in [0.5, 0.6) is 5.75 Å². The fourth-order valence-electron chi connectivity index (χ4n) is 2.54. The SMILES string of the molecule is CCCCC(=O)OC(C(Oc1ccc(Br)cc1)n1ccnc1)C(C)(C)C. The number of aromatic nitrogens is 2. The molecule has 1 heterocycles. The van der Waals surface area contributed by atoms with Gasteiger partial charge in [0.1, 0.15) is 5.75 Å². The van der Waals surface area contributed by atoms with Gasteiger partial charge in [-0.1, -0.05) is 50.0 Å². The molecule has 0 fully saturated rings. The van der Waals surface area contributed by atoms with E-state index in [-0.39, 0.29) is 11.4 Å². The van der Waals surface area contributed by atoms with E-state index in [0.717, 1.165) is 17.3 Å². The molecule has 0 amide bonds. The number of halogens is 1. The van der Waals surface area contributed by atoms with Crippen LogP contribution in [0.4, 0.5) is 0 Å². The lowest BCUT2D eigenvalue weighted by molar-refractivity contribution is -0.168. The predicted molar refractivity (Wildman–Crippen MR) is 105 cm³/mol. The molecule has 0 spiro atoms. The first-order valence-corrected chi connectivity index (χ1v) is 9.69. The predicted octanol–water partition coefficient (Wildman–Crippen LogP) is 5.37. The highest BCUT2D eigenvalue weighted by Gasteiger charge is 2.38. The van der Waals surface area contributed by atoms with Gasteiger partial charge in [-0.2, -0.15) is 0 Å². The Morgan fingerprint density at radius 1 is 1.27 bits per heavy atom. The molecule has 2 atom stereocenters. The van der Waals surface area contributed by atoms with Crippen LogP contribution >= 0.6 is 15.9 Å². The van der Waals surface area contributed by atoms with Gasteiger partial charge in [-0.3, -0.25) is 9.36 Å². The molecule has 2 unspecified atom stereocenters. The minimum absolute atomic E-state index is 0.198. The Bertz CT molecular complexity index is 678. The Kier molecular flexibility index (Phi) is 7.26. The molecular weight excluding hydrogens is 396 g/mol. The third-order valence-electron chi connectivity index (χ3n) is 3.99. The third kappa shape index (κ3) is 5.87. The second-order valence-corrected chi connectivity index (χ2v) is 8.27. The number of ether oxygens (including phenoxy) is 2. The Morgan fingerprint density at radius 2 is 1.96 bits per heavy atom. The van der Waals surface area contributed by atoms with Gasteiger partial charge >= 0.3 is 5.97 Å². The van der Waals surface area contributed by atoms with Gasteiger partial charge in [0.2, 0.25) is 6.23 Å². The molecule has 0 aliphatic rings. The Labute approximate surface area is 163 Å². The van der Waals surface area contributed by atoms with Crippen LogP contribution in [-0.2, 0) is 9.53 Å². The van der Waals surface area contributed by atoms with E-state index in [1.165, 1.54) is 0 Å². The molecule has 2 rings (SSSR count). The minimum atomic E-state index is -0.510. The molecular formula is C20H27BrN2O3. The molecule has 6 heteroatoms. The van der Waals surface area contributed by atoms with Crippen molar-refractivity contribution in [3.63, 3.8) is 0 Å². The number of imidazole rings is 1. The fraction of sp³-hybridized carbons (Fsp3) is 0.500. The van der Waals surface area contributed by atoms with Crippen molar-refractivity contribution in [1.82, 2.24) is 9.55 Å². The van der Waals surface area contributed by atoms with E-state index in [2.05, 4.69) is 27.8 Å². The molecule has 0 bridgehead atoms. The number of carbonyl (C=O) groups is 1. The number of carbonyl (C=O) groups excluding carboxylic acids is 1. The summed E-state index contributed by atoms with van der Waals surface area (Å²) in [5.41, 5.74) is -0.313. The zero-order chi connectivity index (χ0) is 19.2. The second kappa shape index (κ2) is 9.21. The molecule has 0 saturated carbocycles. The first-order chi connectivity index (χ1) is 12.3. The summed E-state index contributed by atoms with van der Waals surface area (Å²) in [6.45, 7) is 8.18. The summed E-state index contributed by atoms with van der Waals surface area (Å²) in [6.07, 6.45) is 6.40. The van der Waals surface area contributed by atoms with Gasteiger partial charge in [0.15, 0.2) is 6.10 Å². The monoisotopic (exact) mass is 422 g/mol. The van der Waals surface area contributed by atoms with Crippen LogP contribution in [0.3, 0.4) is 0 Å². The lowest BCUT2D eigenvalue weighted by atomic mass is 9.87. The zero-order valence-corrected chi connectivity index (χ0v) is 17.4. The van der Waals surface area contributed by atoms with E-state index in [1.807, 2.05) is 55.8 Å². The van der Waals surface area contributed by atoms with Crippen molar-refractivity contribution >= 4 is 21.9 Å². The van der Waals surface area contributed by atoms with Gasteiger partial charge in [0, 0.05) is 28.7 Å². The van der Waals surface area contributed by atoms with Gasteiger partial charge in [-0.15, -0.1) is 0 Å². The van der Waals surface area contributed by atoms with Crippen molar-refractivity contribution in [3.8, 4) is 5.75 Å². The number of rotatable bonds is 8. The number of hydrogen-bond acceptors (Lipinski definition) is 4. The summed E-state index contributed by atoms with van der Waals surface area (Å²) >= 11 is 3.43. The highest BCUT2D eigenvalue weighted by atomic mass is 79.9. The molecule has 0 N–H and O–H groups in total. The van der Waals surface area contributed by atoms with E-state index < -0.39 is 12.3 Å². The van der Waals surface area contributed by atoms with E-state index in [9.17, 15) is 4.79 Å².